The van der Waals surface area contributed by atoms with Crippen LogP contribution >= 0.6 is 11.5 Å². The SMILES string of the molecule is CC1(O)CCCN(Cc2nnsc2N)CC1. The minimum Gasteiger partial charge on any atom is -0.390 e. The Hall–Kier alpha value is -0.720. The van der Waals surface area contributed by atoms with Crippen LogP contribution < -0.4 is 5.73 Å². The minimum absolute atomic E-state index is 0.513. The Kier molecular flexibility index (Phi) is 3.41. The molecule has 0 bridgehead atoms. The van der Waals surface area contributed by atoms with Crippen LogP contribution in [0.1, 0.15) is 31.9 Å². The molecule has 0 radical (unpaired) electrons. The molecule has 1 atom stereocenters. The molecule has 1 saturated heterocycles. The van der Waals surface area contributed by atoms with E-state index in [2.05, 4.69) is 14.5 Å². The summed E-state index contributed by atoms with van der Waals surface area (Å²) in [6, 6.07) is 0. The topological polar surface area (TPSA) is 75.3 Å². The number of hydrogen-bond acceptors (Lipinski definition) is 6. The maximum Gasteiger partial charge on any atom is 0.132 e. The lowest BCUT2D eigenvalue weighted by Crippen LogP contribution is -2.28. The molecule has 0 aliphatic carbocycles. The number of likely N-dealkylation sites (tertiary alicyclic amines) is 1. The number of nitrogens with zero attached hydrogens (tertiary/aromatic N) is 3. The van der Waals surface area contributed by atoms with Crippen LogP contribution in [0.25, 0.3) is 0 Å². The van der Waals surface area contributed by atoms with Gasteiger partial charge < -0.3 is 10.8 Å². The van der Waals surface area contributed by atoms with Crippen molar-refractivity contribution in [1.82, 2.24) is 14.5 Å². The maximum absolute atomic E-state index is 9.98. The summed E-state index contributed by atoms with van der Waals surface area (Å²) in [5, 5.41) is 14.7. The van der Waals surface area contributed by atoms with Gasteiger partial charge >= 0.3 is 0 Å². The van der Waals surface area contributed by atoms with Crippen molar-refractivity contribution in [3.05, 3.63) is 5.69 Å². The summed E-state index contributed by atoms with van der Waals surface area (Å²) in [5.74, 6) is 0. The van der Waals surface area contributed by atoms with Crippen molar-refractivity contribution in [1.29, 1.82) is 0 Å². The van der Waals surface area contributed by atoms with Crippen molar-refractivity contribution >= 4 is 16.5 Å². The first kappa shape index (κ1) is 11.8. The molecule has 1 aromatic heterocycles. The average molecular weight is 242 g/mol. The number of anilines is 1. The zero-order valence-corrected chi connectivity index (χ0v) is 10.3. The number of nitrogens with two attached hydrogens (primary N) is 1. The van der Waals surface area contributed by atoms with Crippen molar-refractivity contribution in [3.8, 4) is 0 Å². The fourth-order valence-electron chi connectivity index (χ4n) is 2.01. The Morgan fingerprint density at radius 3 is 3.00 bits per heavy atom. The highest BCUT2D eigenvalue weighted by atomic mass is 32.1. The van der Waals surface area contributed by atoms with Crippen LogP contribution in [0.3, 0.4) is 0 Å². The second kappa shape index (κ2) is 4.65. The van der Waals surface area contributed by atoms with E-state index in [-0.39, 0.29) is 0 Å². The molecule has 1 aromatic rings. The van der Waals surface area contributed by atoms with Gasteiger partial charge in [-0.15, -0.1) is 5.10 Å². The van der Waals surface area contributed by atoms with E-state index in [1.54, 1.807) is 0 Å². The monoisotopic (exact) mass is 242 g/mol. The number of aliphatic hydroxyl groups is 1. The number of aromatic nitrogens is 2. The third-order valence-corrected chi connectivity index (χ3v) is 3.71. The van der Waals surface area contributed by atoms with Crippen LogP contribution in [0.15, 0.2) is 0 Å². The van der Waals surface area contributed by atoms with Crippen LogP contribution in [0, 0.1) is 0 Å². The standard InChI is InChI=1S/C10H18N4OS/c1-10(15)3-2-5-14(6-4-10)7-8-9(11)16-13-12-8/h15H,2-7,11H2,1H3. The van der Waals surface area contributed by atoms with Gasteiger partial charge in [-0.3, -0.25) is 4.90 Å². The quantitative estimate of drug-likeness (QED) is 0.804. The Balaban J connectivity index is 1.94. The van der Waals surface area contributed by atoms with Gasteiger partial charge in [-0.2, -0.15) is 0 Å². The van der Waals surface area contributed by atoms with Crippen LogP contribution in [0.5, 0.6) is 0 Å². The largest absolute Gasteiger partial charge is 0.390 e. The zero-order valence-electron chi connectivity index (χ0n) is 9.52. The van der Waals surface area contributed by atoms with E-state index in [0.29, 0.717) is 5.00 Å². The predicted molar refractivity (Wildman–Crippen MR) is 64.1 cm³/mol. The molecular formula is C10H18N4OS. The molecule has 1 aliphatic heterocycles. The van der Waals surface area contributed by atoms with E-state index >= 15 is 0 Å². The number of rotatable bonds is 2. The van der Waals surface area contributed by atoms with Crippen LogP contribution in [0.4, 0.5) is 5.00 Å². The van der Waals surface area contributed by atoms with E-state index in [0.717, 1.165) is 44.6 Å². The Morgan fingerprint density at radius 1 is 1.50 bits per heavy atom. The van der Waals surface area contributed by atoms with Gasteiger partial charge in [0.15, 0.2) is 0 Å². The lowest BCUT2D eigenvalue weighted by Gasteiger charge is -2.21. The summed E-state index contributed by atoms with van der Waals surface area (Å²) >= 11 is 1.24. The molecule has 1 aliphatic rings. The van der Waals surface area contributed by atoms with Gasteiger partial charge in [-0.25, -0.2) is 0 Å². The summed E-state index contributed by atoms with van der Waals surface area (Å²) in [6.45, 7) is 4.55. The zero-order chi connectivity index (χ0) is 11.6. The summed E-state index contributed by atoms with van der Waals surface area (Å²) in [7, 11) is 0. The van der Waals surface area contributed by atoms with Crippen LogP contribution in [-0.4, -0.2) is 38.3 Å². The highest BCUT2D eigenvalue weighted by Crippen LogP contribution is 2.23. The van der Waals surface area contributed by atoms with Crippen molar-refractivity contribution in [3.63, 3.8) is 0 Å². The second-order valence-corrected chi connectivity index (χ2v) is 5.50. The normalized spacial score (nSPS) is 27.9. The van der Waals surface area contributed by atoms with E-state index in [9.17, 15) is 5.11 Å². The van der Waals surface area contributed by atoms with Gasteiger partial charge in [0.1, 0.15) is 10.7 Å². The summed E-state index contributed by atoms with van der Waals surface area (Å²) in [5.41, 5.74) is 6.12. The number of nitrogen functional groups attached to an aromatic ring is 1. The van der Waals surface area contributed by atoms with E-state index in [4.69, 9.17) is 5.73 Å². The molecule has 6 heteroatoms. The molecule has 5 nitrogen and oxygen atoms in total. The highest BCUT2D eigenvalue weighted by Gasteiger charge is 2.25. The molecule has 2 rings (SSSR count). The fraction of sp³-hybridized carbons (Fsp3) is 0.800. The minimum atomic E-state index is -0.513. The molecule has 0 aromatic carbocycles. The van der Waals surface area contributed by atoms with Crippen LogP contribution in [0.2, 0.25) is 0 Å². The maximum atomic E-state index is 9.98. The van der Waals surface area contributed by atoms with Crippen molar-refractivity contribution in [2.45, 2.75) is 38.3 Å². The third kappa shape index (κ3) is 2.90. The molecular weight excluding hydrogens is 224 g/mol. The van der Waals surface area contributed by atoms with Gasteiger partial charge in [0, 0.05) is 24.6 Å². The lowest BCUT2D eigenvalue weighted by atomic mass is 9.98. The van der Waals surface area contributed by atoms with Gasteiger partial charge in [0.05, 0.1) is 5.60 Å². The molecule has 16 heavy (non-hydrogen) atoms. The first-order valence-electron chi connectivity index (χ1n) is 5.58. The molecule has 90 valence electrons. The van der Waals surface area contributed by atoms with Gasteiger partial charge in [0.25, 0.3) is 0 Å². The first-order valence-corrected chi connectivity index (χ1v) is 6.36. The van der Waals surface area contributed by atoms with Gasteiger partial charge in [0.2, 0.25) is 0 Å². The average Bonchev–Trinajstić information content (AvgIpc) is 2.52. The van der Waals surface area contributed by atoms with E-state index in [1.807, 2.05) is 6.92 Å². The molecule has 2 heterocycles. The molecule has 1 unspecified atom stereocenters. The molecule has 3 N–H and O–H groups in total. The summed E-state index contributed by atoms with van der Waals surface area (Å²) in [4.78, 5) is 2.29. The van der Waals surface area contributed by atoms with Crippen molar-refractivity contribution in [2.75, 3.05) is 18.8 Å². The second-order valence-electron chi connectivity index (χ2n) is 4.71. The molecule has 0 saturated carbocycles. The van der Waals surface area contributed by atoms with Crippen molar-refractivity contribution < 1.29 is 5.11 Å². The highest BCUT2D eigenvalue weighted by molar-refractivity contribution is 7.09. The Labute approximate surface area is 99.4 Å². The molecule has 0 amide bonds. The summed E-state index contributed by atoms with van der Waals surface area (Å²) < 4.78 is 3.83. The first-order chi connectivity index (χ1) is 7.57. The fourth-order valence-corrected chi connectivity index (χ4v) is 2.45. The smallest absolute Gasteiger partial charge is 0.132 e. The van der Waals surface area contributed by atoms with Crippen LogP contribution in [-0.2, 0) is 6.54 Å². The van der Waals surface area contributed by atoms with E-state index < -0.39 is 5.60 Å². The number of hydrogen-bond donors (Lipinski definition) is 2. The lowest BCUT2D eigenvalue weighted by molar-refractivity contribution is 0.0444. The summed E-state index contributed by atoms with van der Waals surface area (Å²) in [6.07, 6.45) is 2.70. The Bertz CT molecular complexity index is 352. The molecule has 1 fully saturated rings. The third-order valence-electron chi connectivity index (χ3n) is 3.11. The Morgan fingerprint density at radius 2 is 2.31 bits per heavy atom. The molecule has 0 spiro atoms. The van der Waals surface area contributed by atoms with E-state index in [1.165, 1.54) is 11.5 Å². The van der Waals surface area contributed by atoms with Gasteiger partial charge in [-0.05, 0) is 32.7 Å². The van der Waals surface area contributed by atoms with Gasteiger partial charge in [-0.1, -0.05) is 4.49 Å². The van der Waals surface area contributed by atoms with Crippen molar-refractivity contribution in [2.24, 2.45) is 0 Å². The predicted octanol–water partition coefficient (Wildman–Crippen LogP) is 0.857.